The summed E-state index contributed by atoms with van der Waals surface area (Å²) >= 11 is 0. The molecule has 0 saturated heterocycles. The van der Waals surface area contributed by atoms with Crippen LogP contribution in [0.4, 0.5) is 0 Å². The molecule has 0 bridgehead atoms. The summed E-state index contributed by atoms with van der Waals surface area (Å²) in [5.74, 6) is 0. The SMILES string of the molecule is C=CCC(=CCC)CC. The Morgan fingerprint density at radius 1 is 1.44 bits per heavy atom. The fourth-order valence-electron chi connectivity index (χ4n) is 0.846. The molecular formula is C9H16. The highest BCUT2D eigenvalue weighted by molar-refractivity contribution is 5.04. The number of allylic oxidation sites excluding steroid dienone is 3. The van der Waals surface area contributed by atoms with Crippen molar-refractivity contribution < 1.29 is 0 Å². The van der Waals surface area contributed by atoms with Gasteiger partial charge in [-0.3, -0.25) is 0 Å². The maximum absolute atomic E-state index is 3.69. The van der Waals surface area contributed by atoms with Gasteiger partial charge >= 0.3 is 0 Å². The molecule has 0 fully saturated rings. The zero-order valence-electron chi connectivity index (χ0n) is 6.48. The van der Waals surface area contributed by atoms with Gasteiger partial charge in [-0.05, 0) is 19.3 Å². The van der Waals surface area contributed by atoms with Gasteiger partial charge in [0.1, 0.15) is 0 Å². The molecule has 52 valence electrons. The quantitative estimate of drug-likeness (QED) is 0.504. The summed E-state index contributed by atoms with van der Waals surface area (Å²) < 4.78 is 0. The average Bonchev–Trinajstić information content (AvgIpc) is 1.88. The molecule has 0 amide bonds. The third kappa shape index (κ3) is 4.01. The van der Waals surface area contributed by atoms with Gasteiger partial charge in [0.15, 0.2) is 0 Å². The molecule has 0 heteroatoms. The Bertz CT molecular complexity index is 98.6. The molecule has 0 aromatic carbocycles. The summed E-state index contributed by atoms with van der Waals surface area (Å²) in [6.07, 6.45) is 7.62. The largest absolute Gasteiger partial charge is 0.103 e. The lowest BCUT2D eigenvalue weighted by atomic mass is 10.1. The van der Waals surface area contributed by atoms with Gasteiger partial charge in [-0.1, -0.05) is 31.6 Å². The lowest BCUT2D eigenvalue weighted by Gasteiger charge is -1.96. The smallest absolute Gasteiger partial charge is 0.0142 e. The topological polar surface area (TPSA) is 0 Å². The first-order valence-corrected chi connectivity index (χ1v) is 3.63. The van der Waals surface area contributed by atoms with E-state index in [1.165, 1.54) is 12.0 Å². The minimum Gasteiger partial charge on any atom is -0.103 e. The standard InChI is InChI=1S/C9H16/c1-4-7-9(6-3)8-5-2/h4,8H,1,5-7H2,2-3H3. The van der Waals surface area contributed by atoms with Crippen molar-refractivity contribution in [2.75, 3.05) is 0 Å². The minimum absolute atomic E-state index is 1.06. The lowest BCUT2D eigenvalue weighted by Crippen LogP contribution is -1.76. The van der Waals surface area contributed by atoms with Crippen LogP contribution in [0.2, 0.25) is 0 Å². The van der Waals surface area contributed by atoms with E-state index in [0.717, 1.165) is 12.8 Å². The molecule has 0 aromatic heterocycles. The van der Waals surface area contributed by atoms with Gasteiger partial charge in [0.25, 0.3) is 0 Å². The van der Waals surface area contributed by atoms with E-state index >= 15 is 0 Å². The van der Waals surface area contributed by atoms with Crippen LogP contribution in [-0.2, 0) is 0 Å². The van der Waals surface area contributed by atoms with E-state index in [2.05, 4.69) is 26.5 Å². The van der Waals surface area contributed by atoms with Crippen molar-refractivity contribution >= 4 is 0 Å². The summed E-state index contributed by atoms with van der Waals surface area (Å²) in [6, 6.07) is 0. The van der Waals surface area contributed by atoms with Gasteiger partial charge in [-0.2, -0.15) is 0 Å². The molecule has 0 heterocycles. The highest BCUT2D eigenvalue weighted by Crippen LogP contribution is 2.06. The van der Waals surface area contributed by atoms with Crippen LogP contribution >= 0.6 is 0 Å². The van der Waals surface area contributed by atoms with E-state index in [4.69, 9.17) is 0 Å². The molecule has 0 nitrogen and oxygen atoms in total. The zero-order valence-corrected chi connectivity index (χ0v) is 6.48. The lowest BCUT2D eigenvalue weighted by molar-refractivity contribution is 1.00. The highest BCUT2D eigenvalue weighted by atomic mass is 13.9. The average molecular weight is 124 g/mol. The predicted octanol–water partition coefficient (Wildman–Crippen LogP) is 3.31. The van der Waals surface area contributed by atoms with Crippen LogP contribution in [0.15, 0.2) is 24.3 Å². The Hall–Kier alpha value is -0.520. The van der Waals surface area contributed by atoms with E-state index < -0.39 is 0 Å². The highest BCUT2D eigenvalue weighted by Gasteiger charge is 1.86. The van der Waals surface area contributed by atoms with E-state index in [9.17, 15) is 0 Å². The van der Waals surface area contributed by atoms with Gasteiger partial charge < -0.3 is 0 Å². The zero-order chi connectivity index (χ0) is 7.11. The van der Waals surface area contributed by atoms with Crippen molar-refractivity contribution in [1.29, 1.82) is 0 Å². The van der Waals surface area contributed by atoms with E-state index in [1.807, 2.05) is 6.08 Å². The molecule has 0 radical (unpaired) electrons. The Kier molecular flexibility index (Phi) is 5.29. The molecule has 9 heavy (non-hydrogen) atoms. The van der Waals surface area contributed by atoms with Gasteiger partial charge in [0.05, 0.1) is 0 Å². The monoisotopic (exact) mass is 124 g/mol. The first-order chi connectivity index (χ1) is 4.35. The Morgan fingerprint density at radius 2 is 2.11 bits per heavy atom. The molecule has 0 aliphatic rings. The van der Waals surface area contributed by atoms with E-state index in [1.54, 1.807) is 0 Å². The van der Waals surface area contributed by atoms with Crippen molar-refractivity contribution in [3.8, 4) is 0 Å². The van der Waals surface area contributed by atoms with Crippen molar-refractivity contribution in [2.45, 2.75) is 33.1 Å². The predicted molar refractivity (Wildman–Crippen MR) is 43.5 cm³/mol. The van der Waals surface area contributed by atoms with Crippen LogP contribution in [0.1, 0.15) is 33.1 Å². The molecule has 0 aliphatic heterocycles. The molecule has 0 unspecified atom stereocenters. The Balaban J connectivity index is 3.65. The van der Waals surface area contributed by atoms with Crippen molar-refractivity contribution in [2.24, 2.45) is 0 Å². The number of hydrogen-bond donors (Lipinski definition) is 0. The fourth-order valence-corrected chi connectivity index (χ4v) is 0.846. The normalized spacial score (nSPS) is 11.6. The van der Waals surface area contributed by atoms with Crippen LogP contribution in [-0.4, -0.2) is 0 Å². The van der Waals surface area contributed by atoms with E-state index in [-0.39, 0.29) is 0 Å². The molecule has 0 aliphatic carbocycles. The fraction of sp³-hybridized carbons (Fsp3) is 0.556. The molecule has 0 rings (SSSR count). The minimum atomic E-state index is 1.06. The van der Waals surface area contributed by atoms with Crippen LogP contribution in [0.3, 0.4) is 0 Å². The van der Waals surface area contributed by atoms with Gasteiger partial charge in [0.2, 0.25) is 0 Å². The van der Waals surface area contributed by atoms with Crippen LogP contribution in [0.5, 0.6) is 0 Å². The Labute approximate surface area is 58.3 Å². The summed E-state index contributed by atoms with van der Waals surface area (Å²) in [5.41, 5.74) is 1.51. The van der Waals surface area contributed by atoms with E-state index in [0.29, 0.717) is 0 Å². The molecule has 0 saturated carbocycles. The molecule has 0 atom stereocenters. The summed E-state index contributed by atoms with van der Waals surface area (Å²) in [6.45, 7) is 8.04. The molecule has 0 aromatic rings. The summed E-state index contributed by atoms with van der Waals surface area (Å²) in [5, 5.41) is 0. The van der Waals surface area contributed by atoms with Crippen molar-refractivity contribution in [1.82, 2.24) is 0 Å². The van der Waals surface area contributed by atoms with Crippen molar-refractivity contribution in [3.05, 3.63) is 24.3 Å². The van der Waals surface area contributed by atoms with Crippen LogP contribution < -0.4 is 0 Å². The third-order valence-corrected chi connectivity index (χ3v) is 1.35. The van der Waals surface area contributed by atoms with Gasteiger partial charge in [-0.25, -0.2) is 0 Å². The first-order valence-electron chi connectivity index (χ1n) is 3.63. The molecular weight excluding hydrogens is 108 g/mol. The van der Waals surface area contributed by atoms with Gasteiger partial charge in [0, 0.05) is 0 Å². The summed E-state index contributed by atoms with van der Waals surface area (Å²) in [7, 11) is 0. The number of hydrogen-bond acceptors (Lipinski definition) is 0. The number of rotatable bonds is 4. The second-order valence-corrected chi connectivity index (χ2v) is 2.12. The third-order valence-electron chi connectivity index (χ3n) is 1.35. The molecule has 0 N–H and O–H groups in total. The van der Waals surface area contributed by atoms with Crippen molar-refractivity contribution in [3.63, 3.8) is 0 Å². The molecule has 0 spiro atoms. The van der Waals surface area contributed by atoms with Gasteiger partial charge in [-0.15, -0.1) is 6.58 Å². The van der Waals surface area contributed by atoms with Crippen LogP contribution in [0.25, 0.3) is 0 Å². The summed E-state index contributed by atoms with van der Waals surface area (Å²) in [4.78, 5) is 0. The maximum Gasteiger partial charge on any atom is -0.0142 e. The second-order valence-electron chi connectivity index (χ2n) is 2.12. The first kappa shape index (κ1) is 8.48. The maximum atomic E-state index is 3.69. The van der Waals surface area contributed by atoms with Crippen LogP contribution in [0, 0.1) is 0 Å². The second kappa shape index (κ2) is 5.61. The Morgan fingerprint density at radius 3 is 2.44 bits per heavy atom.